The van der Waals surface area contributed by atoms with Crippen LogP contribution in [0.4, 0.5) is 0 Å². The number of hydrogen-bond acceptors (Lipinski definition) is 3. The number of rotatable bonds is 3. The Morgan fingerprint density at radius 3 is 2.00 bits per heavy atom. The molecule has 8 heavy (non-hydrogen) atoms. The van der Waals surface area contributed by atoms with Crippen LogP contribution < -0.4 is 5.73 Å². The van der Waals surface area contributed by atoms with Crippen LogP contribution >= 0.6 is 0 Å². The van der Waals surface area contributed by atoms with E-state index in [2.05, 4.69) is 0 Å². The van der Waals surface area contributed by atoms with Crippen molar-refractivity contribution in [1.29, 1.82) is 0 Å². The van der Waals surface area contributed by atoms with Crippen molar-refractivity contribution in [1.82, 2.24) is 0 Å². The topological polar surface area (TPSA) is 44.5 Å². The lowest BCUT2D eigenvalue weighted by atomic mass is 10.6. The Balaban J connectivity index is 3.36. The van der Waals surface area contributed by atoms with Crippen LogP contribution in [0.2, 0.25) is 0 Å². The Kier molecular flexibility index (Phi) is 4.30. The zero-order chi connectivity index (χ0) is 6.41. The van der Waals surface area contributed by atoms with Gasteiger partial charge in [-0.2, -0.15) is 0 Å². The molecule has 0 spiro atoms. The van der Waals surface area contributed by atoms with Crippen LogP contribution in [0.15, 0.2) is 12.3 Å². The number of nitrogens with two attached hydrogens (primary N) is 1. The molecule has 0 aromatic heterocycles. The van der Waals surface area contributed by atoms with Gasteiger partial charge in [-0.1, -0.05) is 0 Å². The van der Waals surface area contributed by atoms with Crippen LogP contribution in [0.3, 0.4) is 0 Å². The van der Waals surface area contributed by atoms with E-state index >= 15 is 0 Å². The first-order valence-corrected chi connectivity index (χ1v) is 2.29. The van der Waals surface area contributed by atoms with Crippen molar-refractivity contribution in [2.45, 2.75) is 6.29 Å². The fourth-order valence-electron chi connectivity index (χ4n) is 0.344. The third-order valence-electron chi connectivity index (χ3n) is 0.733. The molecule has 0 saturated carbocycles. The molecule has 0 aromatic rings. The summed E-state index contributed by atoms with van der Waals surface area (Å²) in [7, 11) is 3.10. The smallest absolute Gasteiger partial charge is 0.177 e. The predicted octanol–water partition coefficient (Wildman–Crippen LogP) is 0.0777. The molecule has 0 aliphatic rings. The van der Waals surface area contributed by atoms with E-state index in [9.17, 15) is 0 Å². The molecule has 3 heteroatoms. The minimum absolute atomic E-state index is 0.306. The molecule has 0 radical (unpaired) electrons. The summed E-state index contributed by atoms with van der Waals surface area (Å²) in [5.41, 5.74) is 5.04. The Bertz CT molecular complexity index is 68.8. The molecule has 0 heterocycles. The van der Waals surface area contributed by atoms with Gasteiger partial charge >= 0.3 is 0 Å². The molecule has 0 aromatic carbocycles. The summed E-state index contributed by atoms with van der Waals surface area (Å²) in [4.78, 5) is 0. The molecule has 0 saturated heterocycles. The van der Waals surface area contributed by atoms with Gasteiger partial charge in [0.2, 0.25) is 0 Å². The second-order valence-electron chi connectivity index (χ2n) is 1.22. The van der Waals surface area contributed by atoms with Crippen molar-refractivity contribution in [2.75, 3.05) is 14.2 Å². The van der Waals surface area contributed by atoms with Gasteiger partial charge in [-0.3, -0.25) is 0 Å². The summed E-state index contributed by atoms with van der Waals surface area (Å²) >= 11 is 0. The highest BCUT2D eigenvalue weighted by molar-refractivity contribution is 4.79. The minimum atomic E-state index is -0.306. The lowest BCUT2D eigenvalue weighted by molar-refractivity contribution is -0.0667. The molecule has 2 N–H and O–H groups in total. The first kappa shape index (κ1) is 7.46. The summed E-state index contributed by atoms with van der Waals surface area (Å²) < 4.78 is 9.50. The molecule has 0 aliphatic carbocycles. The van der Waals surface area contributed by atoms with E-state index in [4.69, 9.17) is 15.2 Å². The molecule has 3 nitrogen and oxygen atoms in total. The number of methoxy groups -OCH3 is 2. The largest absolute Gasteiger partial charge is 0.405 e. The highest BCUT2D eigenvalue weighted by atomic mass is 16.7. The summed E-state index contributed by atoms with van der Waals surface area (Å²) in [5.74, 6) is 0. The molecule has 0 bridgehead atoms. The van der Waals surface area contributed by atoms with Gasteiger partial charge in [-0.15, -0.1) is 0 Å². The van der Waals surface area contributed by atoms with Crippen LogP contribution in [-0.2, 0) is 9.47 Å². The van der Waals surface area contributed by atoms with Gasteiger partial charge < -0.3 is 15.2 Å². The molecular weight excluding hydrogens is 106 g/mol. The number of ether oxygens (including phenoxy) is 2. The van der Waals surface area contributed by atoms with E-state index in [0.717, 1.165) is 0 Å². The summed E-state index contributed by atoms with van der Waals surface area (Å²) in [6.45, 7) is 0. The molecule has 0 amide bonds. The normalized spacial score (nSPS) is 11.4. The van der Waals surface area contributed by atoms with Crippen molar-refractivity contribution in [3.63, 3.8) is 0 Å². The van der Waals surface area contributed by atoms with Crippen LogP contribution in [0.1, 0.15) is 0 Å². The fraction of sp³-hybridized carbons (Fsp3) is 0.600. The Labute approximate surface area is 49.1 Å². The molecule has 0 rings (SSSR count). The van der Waals surface area contributed by atoms with Crippen LogP contribution in [0.25, 0.3) is 0 Å². The quantitative estimate of drug-likeness (QED) is 0.532. The average molecular weight is 117 g/mol. The summed E-state index contributed by atoms with van der Waals surface area (Å²) in [6, 6.07) is 0. The van der Waals surface area contributed by atoms with E-state index < -0.39 is 0 Å². The Morgan fingerprint density at radius 2 is 1.88 bits per heavy atom. The maximum absolute atomic E-state index is 5.04. The van der Waals surface area contributed by atoms with Crippen molar-refractivity contribution in [3.8, 4) is 0 Å². The highest BCUT2D eigenvalue weighted by Gasteiger charge is 1.94. The first-order valence-electron chi connectivity index (χ1n) is 2.29. The molecule has 0 unspecified atom stereocenters. The van der Waals surface area contributed by atoms with Gasteiger partial charge in [-0.05, 0) is 12.3 Å². The van der Waals surface area contributed by atoms with Crippen LogP contribution in [0.5, 0.6) is 0 Å². The van der Waals surface area contributed by atoms with E-state index in [-0.39, 0.29) is 6.29 Å². The van der Waals surface area contributed by atoms with E-state index in [1.165, 1.54) is 6.20 Å². The summed E-state index contributed by atoms with van der Waals surface area (Å²) in [5, 5.41) is 0. The number of hydrogen-bond donors (Lipinski definition) is 1. The SMILES string of the molecule is COC(/C=C/N)OC. The van der Waals surface area contributed by atoms with Gasteiger partial charge in [-0.25, -0.2) is 0 Å². The van der Waals surface area contributed by atoms with Crippen LogP contribution in [-0.4, -0.2) is 20.5 Å². The third-order valence-corrected chi connectivity index (χ3v) is 0.733. The van der Waals surface area contributed by atoms with Gasteiger partial charge in [0, 0.05) is 14.2 Å². The highest BCUT2D eigenvalue weighted by Crippen LogP contribution is 1.89. The second kappa shape index (κ2) is 4.61. The predicted molar refractivity (Wildman–Crippen MR) is 31.1 cm³/mol. The fourth-order valence-corrected chi connectivity index (χ4v) is 0.344. The maximum Gasteiger partial charge on any atom is 0.177 e. The van der Waals surface area contributed by atoms with E-state index in [0.29, 0.717) is 0 Å². The van der Waals surface area contributed by atoms with E-state index in [1.807, 2.05) is 0 Å². The van der Waals surface area contributed by atoms with Gasteiger partial charge in [0.15, 0.2) is 6.29 Å². The molecule has 0 aliphatic heterocycles. The van der Waals surface area contributed by atoms with Crippen molar-refractivity contribution < 1.29 is 9.47 Å². The summed E-state index contributed by atoms with van der Waals surface area (Å²) in [6.07, 6.45) is 2.69. The zero-order valence-corrected chi connectivity index (χ0v) is 5.13. The third kappa shape index (κ3) is 2.60. The first-order chi connectivity index (χ1) is 3.85. The molecule has 0 atom stereocenters. The van der Waals surface area contributed by atoms with Crippen LogP contribution in [0, 0.1) is 0 Å². The van der Waals surface area contributed by atoms with Gasteiger partial charge in [0.25, 0.3) is 0 Å². The van der Waals surface area contributed by atoms with Crippen molar-refractivity contribution >= 4 is 0 Å². The minimum Gasteiger partial charge on any atom is -0.405 e. The Morgan fingerprint density at radius 1 is 1.38 bits per heavy atom. The molecule has 48 valence electrons. The Hall–Kier alpha value is -0.540. The maximum atomic E-state index is 5.04. The lowest BCUT2D eigenvalue weighted by Gasteiger charge is -2.05. The monoisotopic (exact) mass is 117 g/mol. The van der Waals surface area contributed by atoms with Gasteiger partial charge in [0.05, 0.1) is 0 Å². The standard InChI is InChI=1S/C5H11NO2/c1-7-5(8-2)3-4-6/h3-5H,6H2,1-2H3/b4-3+. The average Bonchev–Trinajstić information content (AvgIpc) is 1.83. The van der Waals surface area contributed by atoms with E-state index in [1.54, 1.807) is 20.3 Å². The zero-order valence-electron chi connectivity index (χ0n) is 5.13. The van der Waals surface area contributed by atoms with Crippen molar-refractivity contribution in [3.05, 3.63) is 12.3 Å². The van der Waals surface area contributed by atoms with Gasteiger partial charge in [0.1, 0.15) is 0 Å². The molecular formula is C5H11NO2. The van der Waals surface area contributed by atoms with Crippen molar-refractivity contribution in [2.24, 2.45) is 5.73 Å². The lowest BCUT2D eigenvalue weighted by Crippen LogP contribution is -2.09. The second-order valence-corrected chi connectivity index (χ2v) is 1.22. The molecule has 0 fully saturated rings.